The van der Waals surface area contributed by atoms with E-state index in [4.69, 9.17) is 0 Å². The second kappa shape index (κ2) is 5.29. The number of aliphatic hydroxyl groups excluding tert-OH is 1. The summed E-state index contributed by atoms with van der Waals surface area (Å²) in [5.41, 5.74) is 3.59. The summed E-state index contributed by atoms with van der Waals surface area (Å²) in [6.07, 6.45) is 12.7. The largest absolute Gasteiger partial charge is 0.374 e. The molecule has 0 heterocycles. The second-order valence-electron chi connectivity index (χ2n) is 5.91. The maximum absolute atomic E-state index is 9.97. The molecule has 0 bridgehead atoms. The van der Waals surface area contributed by atoms with Crippen molar-refractivity contribution in [3.63, 3.8) is 0 Å². The van der Waals surface area contributed by atoms with E-state index in [-0.39, 0.29) is 5.92 Å². The fraction of sp³-hybridized carbons (Fsp3) is 0.333. The number of aliphatic hydroxyl groups is 1. The van der Waals surface area contributed by atoms with Crippen LogP contribution in [0.4, 0.5) is 5.69 Å². The summed E-state index contributed by atoms with van der Waals surface area (Å²) >= 11 is 0. The molecule has 3 unspecified atom stereocenters. The van der Waals surface area contributed by atoms with Crippen LogP contribution in [0.25, 0.3) is 6.08 Å². The minimum atomic E-state index is -0.509. The van der Waals surface area contributed by atoms with Gasteiger partial charge in [0.2, 0.25) is 0 Å². The van der Waals surface area contributed by atoms with Crippen LogP contribution >= 0.6 is 0 Å². The highest BCUT2D eigenvalue weighted by Crippen LogP contribution is 2.38. The minimum Gasteiger partial charge on any atom is -0.374 e. The Morgan fingerprint density at radius 1 is 1.10 bits per heavy atom. The zero-order chi connectivity index (χ0) is 14.1. The Kier molecular flexibility index (Phi) is 3.49. The molecule has 0 saturated carbocycles. The normalized spacial score (nSPS) is 24.4. The van der Waals surface area contributed by atoms with E-state index in [9.17, 15) is 5.11 Å². The van der Waals surface area contributed by atoms with Crippen molar-refractivity contribution in [2.24, 2.45) is 11.8 Å². The van der Waals surface area contributed by atoms with Crippen molar-refractivity contribution in [2.75, 3.05) is 5.32 Å². The number of hydrogen-bond acceptors (Lipinski definition) is 2. The van der Waals surface area contributed by atoms with Crippen molar-refractivity contribution >= 4 is 11.8 Å². The summed E-state index contributed by atoms with van der Waals surface area (Å²) in [6.45, 7) is 4.01. The van der Waals surface area contributed by atoms with Crippen LogP contribution in [0.1, 0.15) is 30.9 Å². The number of benzene rings is 1. The van der Waals surface area contributed by atoms with E-state index in [1.165, 1.54) is 11.1 Å². The van der Waals surface area contributed by atoms with E-state index < -0.39 is 6.23 Å². The molecular formula is C18H21NO. The monoisotopic (exact) mass is 267 g/mol. The molecule has 20 heavy (non-hydrogen) atoms. The first-order chi connectivity index (χ1) is 9.65. The first kappa shape index (κ1) is 13.2. The van der Waals surface area contributed by atoms with Crippen molar-refractivity contribution < 1.29 is 5.11 Å². The van der Waals surface area contributed by atoms with Crippen molar-refractivity contribution in [2.45, 2.75) is 26.0 Å². The van der Waals surface area contributed by atoms with Gasteiger partial charge < -0.3 is 10.4 Å². The van der Waals surface area contributed by atoms with Gasteiger partial charge in [0.25, 0.3) is 0 Å². The van der Waals surface area contributed by atoms with Crippen molar-refractivity contribution in [1.82, 2.24) is 0 Å². The Morgan fingerprint density at radius 3 is 2.70 bits per heavy atom. The van der Waals surface area contributed by atoms with E-state index in [1.807, 2.05) is 19.9 Å². The molecule has 0 amide bonds. The Labute approximate surface area is 120 Å². The van der Waals surface area contributed by atoms with Crippen LogP contribution < -0.4 is 5.32 Å². The molecule has 0 saturated heterocycles. The van der Waals surface area contributed by atoms with E-state index in [0.29, 0.717) is 11.8 Å². The van der Waals surface area contributed by atoms with Gasteiger partial charge in [0, 0.05) is 17.5 Å². The summed E-state index contributed by atoms with van der Waals surface area (Å²) in [6, 6.07) is 6.34. The average Bonchev–Trinajstić information content (AvgIpc) is 2.47. The van der Waals surface area contributed by atoms with Gasteiger partial charge in [-0.05, 0) is 29.2 Å². The molecule has 2 nitrogen and oxygen atoms in total. The van der Waals surface area contributed by atoms with Gasteiger partial charge in [0.1, 0.15) is 6.23 Å². The minimum absolute atomic E-state index is 0.191. The van der Waals surface area contributed by atoms with Crippen LogP contribution in [-0.4, -0.2) is 11.3 Å². The number of anilines is 1. The number of hydrogen-bond donors (Lipinski definition) is 2. The Hall–Kier alpha value is -1.80. The third-order valence-corrected chi connectivity index (χ3v) is 4.07. The van der Waals surface area contributed by atoms with Gasteiger partial charge in [-0.2, -0.15) is 0 Å². The zero-order valence-electron chi connectivity index (χ0n) is 12.0. The maximum Gasteiger partial charge on any atom is 0.126 e. The third kappa shape index (κ3) is 2.44. The van der Waals surface area contributed by atoms with E-state index in [1.54, 1.807) is 0 Å². The molecule has 0 spiro atoms. The van der Waals surface area contributed by atoms with E-state index in [2.05, 4.69) is 53.9 Å². The molecule has 104 valence electrons. The predicted octanol–water partition coefficient (Wildman–Crippen LogP) is 3.93. The summed E-state index contributed by atoms with van der Waals surface area (Å²) < 4.78 is 0. The van der Waals surface area contributed by atoms with Crippen molar-refractivity contribution in [1.29, 1.82) is 0 Å². The van der Waals surface area contributed by atoms with Crippen LogP contribution in [0, 0.1) is 11.8 Å². The van der Waals surface area contributed by atoms with Crippen LogP contribution in [-0.2, 0) is 0 Å². The topological polar surface area (TPSA) is 32.3 Å². The van der Waals surface area contributed by atoms with Gasteiger partial charge in [-0.3, -0.25) is 0 Å². The van der Waals surface area contributed by atoms with E-state index >= 15 is 0 Å². The molecule has 2 aliphatic rings. The highest BCUT2D eigenvalue weighted by molar-refractivity contribution is 5.65. The highest BCUT2D eigenvalue weighted by atomic mass is 16.3. The van der Waals surface area contributed by atoms with Gasteiger partial charge in [-0.15, -0.1) is 0 Å². The summed E-state index contributed by atoms with van der Waals surface area (Å²) in [7, 11) is 0. The van der Waals surface area contributed by atoms with Crippen molar-refractivity contribution in [3.8, 4) is 0 Å². The molecule has 3 rings (SSSR count). The van der Waals surface area contributed by atoms with Gasteiger partial charge >= 0.3 is 0 Å². The zero-order valence-corrected chi connectivity index (χ0v) is 12.0. The number of allylic oxidation sites excluding steroid dienone is 5. The lowest BCUT2D eigenvalue weighted by Crippen LogP contribution is -2.25. The molecule has 3 atom stereocenters. The lowest BCUT2D eigenvalue weighted by atomic mass is 9.77. The summed E-state index contributed by atoms with van der Waals surface area (Å²) in [5, 5.41) is 13.1. The number of fused-ring (bicyclic) bond motifs is 3. The van der Waals surface area contributed by atoms with Gasteiger partial charge in [0.05, 0.1) is 0 Å². The quantitative estimate of drug-likeness (QED) is 0.813. The summed E-state index contributed by atoms with van der Waals surface area (Å²) in [4.78, 5) is 0. The average molecular weight is 267 g/mol. The van der Waals surface area contributed by atoms with E-state index in [0.717, 1.165) is 5.69 Å². The predicted molar refractivity (Wildman–Crippen MR) is 84.5 cm³/mol. The Morgan fingerprint density at radius 2 is 1.90 bits per heavy atom. The Bertz CT molecular complexity index is 583. The van der Waals surface area contributed by atoms with Gasteiger partial charge in [-0.25, -0.2) is 0 Å². The summed E-state index contributed by atoms with van der Waals surface area (Å²) in [5.74, 6) is 1.06. The van der Waals surface area contributed by atoms with Gasteiger partial charge in [0.15, 0.2) is 0 Å². The van der Waals surface area contributed by atoms with Crippen LogP contribution in [0.15, 0.2) is 48.6 Å². The lowest BCUT2D eigenvalue weighted by molar-refractivity contribution is 0.153. The molecule has 0 aliphatic heterocycles. The van der Waals surface area contributed by atoms with Crippen LogP contribution in [0.3, 0.4) is 0 Å². The fourth-order valence-corrected chi connectivity index (χ4v) is 2.78. The van der Waals surface area contributed by atoms with Gasteiger partial charge in [-0.1, -0.05) is 56.4 Å². The standard InChI is InChI=1S/C18H21NO/c1-12(2)18(20)19-15-10-9-14-8-7-13-5-3-4-6-16(13)17(14)11-15/h3-13,16,18-20H,1-2H3. The smallest absolute Gasteiger partial charge is 0.126 e. The van der Waals surface area contributed by atoms with Crippen LogP contribution in [0.2, 0.25) is 0 Å². The third-order valence-electron chi connectivity index (χ3n) is 4.07. The molecule has 0 radical (unpaired) electrons. The highest BCUT2D eigenvalue weighted by Gasteiger charge is 2.24. The molecule has 2 aliphatic carbocycles. The van der Waals surface area contributed by atoms with Crippen molar-refractivity contribution in [3.05, 3.63) is 59.7 Å². The lowest BCUT2D eigenvalue weighted by Gasteiger charge is -2.28. The molecule has 0 aromatic heterocycles. The molecule has 2 N–H and O–H groups in total. The SMILES string of the molecule is CC(C)C(O)Nc1ccc2c(c1)C1C=CC=CC1C=C2. The number of nitrogens with one attached hydrogen (secondary N) is 1. The van der Waals surface area contributed by atoms with Crippen LogP contribution in [0.5, 0.6) is 0 Å². The molecular weight excluding hydrogens is 246 g/mol. The molecule has 1 aromatic carbocycles. The first-order valence-electron chi connectivity index (χ1n) is 7.27. The second-order valence-corrected chi connectivity index (χ2v) is 5.91. The fourth-order valence-electron chi connectivity index (χ4n) is 2.78. The number of rotatable bonds is 3. The Balaban J connectivity index is 1.90. The first-order valence-corrected chi connectivity index (χ1v) is 7.27. The maximum atomic E-state index is 9.97. The molecule has 2 heteroatoms. The molecule has 0 fully saturated rings. The molecule has 1 aromatic rings.